The van der Waals surface area contributed by atoms with Crippen LogP contribution in [0.4, 0.5) is 0 Å². The number of hydrogen-bond acceptors (Lipinski definition) is 3. The maximum Gasteiger partial charge on any atom is 0.235 e. The number of amides is 1. The monoisotopic (exact) mass is 382 g/mol. The predicted octanol–water partition coefficient (Wildman–Crippen LogP) is 3.53. The van der Waals surface area contributed by atoms with Crippen LogP contribution in [0.15, 0.2) is 36.4 Å². The normalized spacial score (nSPS) is 21.5. The Labute approximate surface area is 164 Å². The van der Waals surface area contributed by atoms with Gasteiger partial charge in [-0.15, -0.1) is 0 Å². The molecule has 5 heteroatoms. The Balaban J connectivity index is 1.77. The lowest BCUT2D eigenvalue weighted by Gasteiger charge is -2.32. The standard InChI is InChI=1S/C22H23ClN2O2/c1-13-11-14(2)18(12-17(13)15-3-5-16(23)6-4-15)19-20(26)22(25-21(19)27)7-9-24-10-8-22/h3-6,11-12,19,24H,7-10H2,1-2H3,(H,25,27). The lowest BCUT2D eigenvalue weighted by atomic mass is 9.79. The first-order valence-corrected chi connectivity index (χ1v) is 9.73. The minimum atomic E-state index is -0.727. The van der Waals surface area contributed by atoms with E-state index in [4.69, 9.17) is 11.6 Å². The molecule has 2 fully saturated rings. The number of ketones is 1. The van der Waals surface area contributed by atoms with E-state index in [-0.39, 0.29) is 11.7 Å². The van der Waals surface area contributed by atoms with Gasteiger partial charge in [-0.25, -0.2) is 0 Å². The van der Waals surface area contributed by atoms with Gasteiger partial charge in [0.05, 0.1) is 0 Å². The van der Waals surface area contributed by atoms with Crippen LogP contribution in [0, 0.1) is 13.8 Å². The SMILES string of the molecule is Cc1cc(C)c(C2C(=O)NC3(CCNCC3)C2=O)cc1-c1ccc(Cl)cc1. The third-order valence-corrected chi connectivity index (χ3v) is 6.15. The summed E-state index contributed by atoms with van der Waals surface area (Å²) in [5.41, 5.74) is 4.25. The van der Waals surface area contributed by atoms with Crippen LogP contribution in [0.1, 0.15) is 35.4 Å². The summed E-state index contributed by atoms with van der Waals surface area (Å²) < 4.78 is 0. The van der Waals surface area contributed by atoms with Gasteiger partial charge in [0.2, 0.25) is 5.91 Å². The summed E-state index contributed by atoms with van der Waals surface area (Å²) in [6, 6.07) is 11.7. The quantitative estimate of drug-likeness (QED) is 0.781. The summed E-state index contributed by atoms with van der Waals surface area (Å²) in [5.74, 6) is -0.881. The molecule has 27 heavy (non-hydrogen) atoms. The molecule has 0 aromatic heterocycles. The molecule has 4 rings (SSSR count). The summed E-state index contributed by atoms with van der Waals surface area (Å²) in [7, 11) is 0. The van der Waals surface area contributed by atoms with Crippen LogP contribution in [-0.4, -0.2) is 30.3 Å². The van der Waals surface area contributed by atoms with Crippen LogP contribution in [-0.2, 0) is 9.59 Å². The van der Waals surface area contributed by atoms with Gasteiger partial charge >= 0.3 is 0 Å². The van der Waals surface area contributed by atoms with Gasteiger partial charge in [-0.05, 0) is 85.8 Å². The first kappa shape index (κ1) is 18.2. The number of rotatable bonds is 2. The molecule has 0 bridgehead atoms. The molecule has 2 aromatic rings. The van der Waals surface area contributed by atoms with E-state index in [1.165, 1.54) is 0 Å². The molecule has 2 aromatic carbocycles. The zero-order valence-corrected chi connectivity index (χ0v) is 16.3. The van der Waals surface area contributed by atoms with E-state index >= 15 is 0 Å². The summed E-state index contributed by atoms with van der Waals surface area (Å²) in [4.78, 5) is 26.1. The second kappa shape index (κ2) is 6.77. The lowest BCUT2D eigenvalue weighted by Crippen LogP contribution is -2.53. The molecule has 2 aliphatic rings. The highest BCUT2D eigenvalue weighted by Crippen LogP contribution is 2.38. The Kier molecular flexibility index (Phi) is 4.57. The molecule has 2 heterocycles. The van der Waals surface area contributed by atoms with Crippen molar-refractivity contribution in [3.8, 4) is 11.1 Å². The van der Waals surface area contributed by atoms with E-state index in [0.717, 1.165) is 40.9 Å². The zero-order valence-electron chi connectivity index (χ0n) is 15.6. The fourth-order valence-electron chi connectivity index (χ4n) is 4.39. The van der Waals surface area contributed by atoms with Crippen LogP contribution in [0.25, 0.3) is 11.1 Å². The second-order valence-electron chi connectivity index (χ2n) is 7.65. The highest BCUT2D eigenvalue weighted by Gasteiger charge is 2.53. The predicted molar refractivity (Wildman–Crippen MR) is 107 cm³/mol. The molecular formula is C22H23ClN2O2. The van der Waals surface area contributed by atoms with Crippen molar-refractivity contribution in [2.75, 3.05) is 13.1 Å². The van der Waals surface area contributed by atoms with Crippen LogP contribution < -0.4 is 10.6 Å². The van der Waals surface area contributed by atoms with Crippen molar-refractivity contribution >= 4 is 23.3 Å². The van der Waals surface area contributed by atoms with Crippen LogP contribution in [0.2, 0.25) is 5.02 Å². The Morgan fingerprint density at radius 2 is 1.67 bits per heavy atom. The van der Waals surface area contributed by atoms with Crippen molar-refractivity contribution < 1.29 is 9.59 Å². The number of nitrogens with one attached hydrogen (secondary N) is 2. The highest BCUT2D eigenvalue weighted by atomic mass is 35.5. The number of aryl methyl sites for hydroxylation is 2. The number of halogens is 1. The van der Waals surface area contributed by atoms with Crippen LogP contribution in [0.5, 0.6) is 0 Å². The molecular weight excluding hydrogens is 360 g/mol. The smallest absolute Gasteiger partial charge is 0.235 e. The van der Waals surface area contributed by atoms with Crippen molar-refractivity contribution in [1.82, 2.24) is 10.6 Å². The van der Waals surface area contributed by atoms with Crippen molar-refractivity contribution in [3.63, 3.8) is 0 Å². The fourth-order valence-corrected chi connectivity index (χ4v) is 4.52. The van der Waals surface area contributed by atoms with Crippen molar-refractivity contribution in [2.45, 2.75) is 38.1 Å². The third-order valence-electron chi connectivity index (χ3n) is 5.89. The Morgan fingerprint density at radius 1 is 1.00 bits per heavy atom. The number of piperidine rings is 1. The number of carbonyl (C=O) groups is 2. The van der Waals surface area contributed by atoms with E-state index in [9.17, 15) is 9.59 Å². The first-order valence-electron chi connectivity index (χ1n) is 9.35. The zero-order chi connectivity index (χ0) is 19.2. The first-order chi connectivity index (χ1) is 12.9. The molecule has 2 N–H and O–H groups in total. The number of carbonyl (C=O) groups excluding carboxylic acids is 2. The van der Waals surface area contributed by atoms with Crippen molar-refractivity contribution in [2.24, 2.45) is 0 Å². The fraction of sp³-hybridized carbons (Fsp3) is 0.364. The summed E-state index contributed by atoms with van der Waals surface area (Å²) in [5, 5.41) is 6.98. The molecule has 0 radical (unpaired) electrons. The van der Waals surface area contributed by atoms with Crippen molar-refractivity contribution in [1.29, 1.82) is 0 Å². The van der Waals surface area contributed by atoms with Gasteiger partial charge in [0.25, 0.3) is 0 Å². The number of Topliss-reactive ketones (excluding diaryl/α,β-unsaturated/α-hetero) is 1. The Hall–Kier alpha value is -2.17. The summed E-state index contributed by atoms with van der Waals surface area (Å²) in [6.07, 6.45) is 1.31. The Morgan fingerprint density at radius 3 is 2.33 bits per heavy atom. The van der Waals surface area contributed by atoms with Gasteiger partial charge < -0.3 is 10.6 Å². The molecule has 1 amide bonds. The van der Waals surface area contributed by atoms with Gasteiger partial charge in [0, 0.05) is 5.02 Å². The van der Waals surface area contributed by atoms with Crippen LogP contribution >= 0.6 is 11.6 Å². The van der Waals surface area contributed by atoms with E-state index in [1.54, 1.807) is 0 Å². The largest absolute Gasteiger partial charge is 0.343 e. The van der Waals surface area contributed by atoms with E-state index in [2.05, 4.69) is 16.7 Å². The van der Waals surface area contributed by atoms with Crippen LogP contribution in [0.3, 0.4) is 0 Å². The minimum Gasteiger partial charge on any atom is -0.343 e. The molecule has 1 atom stereocenters. The molecule has 2 saturated heterocycles. The van der Waals surface area contributed by atoms with Gasteiger partial charge in [0.15, 0.2) is 5.78 Å². The van der Waals surface area contributed by atoms with Gasteiger partial charge in [-0.1, -0.05) is 29.8 Å². The average Bonchev–Trinajstić information content (AvgIpc) is 2.87. The highest BCUT2D eigenvalue weighted by molar-refractivity contribution is 6.30. The Bertz CT molecular complexity index is 915. The molecule has 140 valence electrons. The molecule has 1 unspecified atom stereocenters. The van der Waals surface area contributed by atoms with Gasteiger partial charge in [-0.3, -0.25) is 9.59 Å². The summed E-state index contributed by atoms with van der Waals surface area (Å²) >= 11 is 6.02. The minimum absolute atomic E-state index is 0.0167. The maximum atomic E-state index is 13.3. The molecule has 1 spiro atoms. The topological polar surface area (TPSA) is 58.2 Å². The average molecular weight is 383 g/mol. The van der Waals surface area contributed by atoms with Crippen molar-refractivity contribution in [3.05, 3.63) is 58.1 Å². The second-order valence-corrected chi connectivity index (χ2v) is 8.09. The van der Waals surface area contributed by atoms with Gasteiger partial charge in [-0.2, -0.15) is 0 Å². The molecule has 0 saturated carbocycles. The third kappa shape index (κ3) is 3.07. The molecule has 2 aliphatic heterocycles. The van der Waals surface area contributed by atoms with E-state index in [1.807, 2.05) is 44.2 Å². The number of hydrogen-bond donors (Lipinski definition) is 2. The maximum absolute atomic E-state index is 13.3. The van der Waals surface area contributed by atoms with Gasteiger partial charge in [0.1, 0.15) is 11.5 Å². The number of benzene rings is 2. The summed E-state index contributed by atoms with van der Waals surface area (Å²) in [6.45, 7) is 5.52. The molecule has 0 aliphatic carbocycles. The molecule has 4 nitrogen and oxygen atoms in total. The van der Waals surface area contributed by atoms with E-state index < -0.39 is 11.5 Å². The lowest BCUT2D eigenvalue weighted by molar-refractivity contribution is -0.125. The van der Waals surface area contributed by atoms with E-state index in [0.29, 0.717) is 17.9 Å².